The summed E-state index contributed by atoms with van der Waals surface area (Å²) in [6.45, 7) is 0. The molecule has 0 aromatic heterocycles. The monoisotopic (exact) mass is 396 g/mol. The second-order valence-electron chi connectivity index (χ2n) is 4.13. The van der Waals surface area contributed by atoms with Crippen LogP contribution in [0.3, 0.4) is 0 Å². The van der Waals surface area contributed by atoms with Gasteiger partial charge >= 0.3 is 12.0 Å². The summed E-state index contributed by atoms with van der Waals surface area (Å²) in [6.07, 6.45) is 0. The molecule has 108 valence electrons. The third kappa shape index (κ3) is 4.19. The van der Waals surface area contributed by atoms with E-state index in [1.807, 2.05) is 24.3 Å². The third-order valence-electron chi connectivity index (χ3n) is 2.69. The predicted octanol–water partition coefficient (Wildman–Crippen LogP) is 3.72. The highest BCUT2D eigenvalue weighted by molar-refractivity contribution is 14.1. The first-order valence-electron chi connectivity index (χ1n) is 6.11. The number of carbonyl (C=O) groups excluding carboxylic acids is 2. The molecule has 0 bridgehead atoms. The number of hydrogen-bond donors (Lipinski definition) is 2. The first kappa shape index (κ1) is 15.3. The lowest BCUT2D eigenvalue weighted by molar-refractivity contribution is 0.0601. The van der Waals surface area contributed by atoms with E-state index < -0.39 is 5.97 Å². The lowest BCUT2D eigenvalue weighted by atomic mass is 10.2. The van der Waals surface area contributed by atoms with Crippen molar-refractivity contribution in [3.63, 3.8) is 0 Å². The molecule has 0 spiro atoms. The normalized spacial score (nSPS) is 9.81. The molecule has 0 fully saturated rings. The van der Waals surface area contributed by atoms with E-state index in [1.54, 1.807) is 24.3 Å². The lowest BCUT2D eigenvalue weighted by Gasteiger charge is -2.09. The molecule has 5 nitrogen and oxygen atoms in total. The summed E-state index contributed by atoms with van der Waals surface area (Å²) in [4.78, 5) is 23.2. The highest BCUT2D eigenvalue weighted by Gasteiger charge is 2.07. The maximum atomic E-state index is 11.9. The molecule has 2 amide bonds. The van der Waals surface area contributed by atoms with Crippen LogP contribution in [-0.2, 0) is 4.74 Å². The Morgan fingerprint density at radius 2 is 1.67 bits per heavy atom. The van der Waals surface area contributed by atoms with E-state index in [9.17, 15) is 9.59 Å². The lowest BCUT2D eigenvalue weighted by Crippen LogP contribution is -2.20. The molecule has 0 heterocycles. The summed E-state index contributed by atoms with van der Waals surface area (Å²) < 4.78 is 5.56. The number of halogens is 1. The van der Waals surface area contributed by atoms with Crippen molar-refractivity contribution in [3.8, 4) is 0 Å². The zero-order chi connectivity index (χ0) is 15.2. The fourth-order valence-electron chi connectivity index (χ4n) is 1.65. The van der Waals surface area contributed by atoms with E-state index in [-0.39, 0.29) is 6.03 Å². The van der Waals surface area contributed by atoms with Gasteiger partial charge in [0.05, 0.1) is 18.4 Å². The van der Waals surface area contributed by atoms with Crippen LogP contribution < -0.4 is 10.6 Å². The summed E-state index contributed by atoms with van der Waals surface area (Å²) in [6, 6.07) is 13.6. The Hall–Kier alpha value is -2.09. The minimum absolute atomic E-state index is 0.343. The molecule has 0 unspecified atom stereocenters. The van der Waals surface area contributed by atoms with Crippen LogP contribution in [-0.4, -0.2) is 19.1 Å². The molecule has 6 heteroatoms. The van der Waals surface area contributed by atoms with E-state index >= 15 is 0 Å². The number of nitrogens with one attached hydrogen (secondary N) is 2. The number of amides is 2. The van der Waals surface area contributed by atoms with Crippen molar-refractivity contribution in [2.45, 2.75) is 0 Å². The van der Waals surface area contributed by atoms with E-state index in [1.165, 1.54) is 7.11 Å². The van der Waals surface area contributed by atoms with Gasteiger partial charge in [-0.05, 0) is 59.0 Å². The zero-order valence-corrected chi connectivity index (χ0v) is 13.4. The van der Waals surface area contributed by atoms with Crippen LogP contribution in [0, 0.1) is 3.57 Å². The number of ether oxygens (including phenoxy) is 1. The van der Waals surface area contributed by atoms with Crippen LogP contribution in [0.1, 0.15) is 10.4 Å². The smallest absolute Gasteiger partial charge is 0.337 e. The standard InChI is InChI=1S/C15H13IN2O3/c1-21-14(19)10-6-8-11(9-7-10)17-15(20)18-13-5-3-2-4-12(13)16/h2-9H,1H3,(H2,17,18,20). The third-order valence-corrected chi connectivity index (χ3v) is 3.63. The van der Waals surface area contributed by atoms with Crippen molar-refractivity contribution in [2.24, 2.45) is 0 Å². The Balaban J connectivity index is 2.00. The summed E-state index contributed by atoms with van der Waals surface area (Å²) >= 11 is 2.15. The summed E-state index contributed by atoms with van der Waals surface area (Å²) in [5.74, 6) is -0.412. The highest BCUT2D eigenvalue weighted by atomic mass is 127. The van der Waals surface area contributed by atoms with Crippen LogP contribution in [0.4, 0.5) is 16.2 Å². The number of rotatable bonds is 3. The molecule has 0 saturated heterocycles. The molecule has 0 aliphatic rings. The predicted molar refractivity (Wildman–Crippen MR) is 89.6 cm³/mol. The Labute approximate surface area is 135 Å². The maximum Gasteiger partial charge on any atom is 0.337 e. The molecule has 2 N–H and O–H groups in total. The maximum absolute atomic E-state index is 11.9. The number of methoxy groups -OCH3 is 1. The Morgan fingerprint density at radius 3 is 2.29 bits per heavy atom. The van der Waals surface area contributed by atoms with Crippen molar-refractivity contribution in [1.82, 2.24) is 0 Å². The van der Waals surface area contributed by atoms with Gasteiger partial charge in [-0.1, -0.05) is 12.1 Å². The second kappa shape index (κ2) is 7.07. The number of benzene rings is 2. The van der Waals surface area contributed by atoms with Crippen LogP contribution >= 0.6 is 22.6 Å². The van der Waals surface area contributed by atoms with E-state index in [4.69, 9.17) is 0 Å². The minimum Gasteiger partial charge on any atom is -0.465 e. The number of anilines is 2. The van der Waals surface area contributed by atoms with Crippen LogP contribution in [0.2, 0.25) is 0 Å². The molecule has 21 heavy (non-hydrogen) atoms. The molecule has 2 aromatic rings. The van der Waals surface area contributed by atoms with Crippen LogP contribution in [0.15, 0.2) is 48.5 Å². The average molecular weight is 396 g/mol. The first-order valence-corrected chi connectivity index (χ1v) is 7.19. The Kier molecular flexibility index (Phi) is 5.15. The molecule has 2 aromatic carbocycles. The van der Waals surface area contributed by atoms with Crippen molar-refractivity contribution >= 4 is 46.0 Å². The Bertz CT molecular complexity index is 656. The molecule has 0 radical (unpaired) electrons. The van der Waals surface area contributed by atoms with Gasteiger partial charge in [0.1, 0.15) is 0 Å². The Morgan fingerprint density at radius 1 is 1.00 bits per heavy atom. The fourth-order valence-corrected chi connectivity index (χ4v) is 2.18. The topological polar surface area (TPSA) is 67.4 Å². The highest BCUT2D eigenvalue weighted by Crippen LogP contribution is 2.17. The SMILES string of the molecule is COC(=O)c1ccc(NC(=O)Nc2ccccc2I)cc1. The number of hydrogen-bond acceptors (Lipinski definition) is 3. The van der Waals surface area contributed by atoms with Crippen LogP contribution in [0.25, 0.3) is 0 Å². The van der Waals surface area contributed by atoms with Crippen molar-refractivity contribution in [1.29, 1.82) is 0 Å². The minimum atomic E-state index is -0.412. The first-order chi connectivity index (χ1) is 10.1. The fraction of sp³-hybridized carbons (Fsp3) is 0.0667. The number of urea groups is 1. The van der Waals surface area contributed by atoms with Crippen molar-refractivity contribution in [3.05, 3.63) is 57.7 Å². The van der Waals surface area contributed by atoms with E-state index in [0.717, 1.165) is 9.26 Å². The molecule has 2 rings (SSSR count). The molecular formula is C15H13IN2O3. The van der Waals surface area contributed by atoms with Gasteiger partial charge in [0, 0.05) is 9.26 Å². The van der Waals surface area contributed by atoms with Gasteiger partial charge < -0.3 is 15.4 Å². The van der Waals surface area contributed by atoms with E-state index in [2.05, 4.69) is 38.0 Å². The van der Waals surface area contributed by atoms with Crippen LogP contribution in [0.5, 0.6) is 0 Å². The van der Waals surface area contributed by atoms with Gasteiger partial charge in [-0.2, -0.15) is 0 Å². The van der Waals surface area contributed by atoms with Gasteiger partial charge in [-0.15, -0.1) is 0 Å². The van der Waals surface area contributed by atoms with Gasteiger partial charge in [0.25, 0.3) is 0 Å². The largest absolute Gasteiger partial charge is 0.465 e. The van der Waals surface area contributed by atoms with Gasteiger partial charge in [0.2, 0.25) is 0 Å². The quantitative estimate of drug-likeness (QED) is 0.614. The van der Waals surface area contributed by atoms with Gasteiger partial charge in [-0.25, -0.2) is 9.59 Å². The zero-order valence-electron chi connectivity index (χ0n) is 11.2. The van der Waals surface area contributed by atoms with Gasteiger partial charge in [-0.3, -0.25) is 0 Å². The van der Waals surface area contributed by atoms with Crippen molar-refractivity contribution < 1.29 is 14.3 Å². The molecular weight excluding hydrogens is 383 g/mol. The molecule has 0 atom stereocenters. The molecule has 0 saturated carbocycles. The molecule has 0 aliphatic heterocycles. The summed E-state index contributed by atoms with van der Waals surface area (Å²) in [7, 11) is 1.32. The van der Waals surface area contributed by atoms with E-state index in [0.29, 0.717) is 11.3 Å². The summed E-state index contributed by atoms with van der Waals surface area (Å²) in [5, 5.41) is 5.45. The summed E-state index contributed by atoms with van der Waals surface area (Å²) in [5.41, 5.74) is 1.76. The van der Waals surface area contributed by atoms with Crippen molar-refractivity contribution in [2.75, 3.05) is 17.7 Å². The van der Waals surface area contributed by atoms with Gasteiger partial charge in [0.15, 0.2) is 0 Å². The molecule has 0 aliphatic carbocycles. The number of para-hydroxylation sites is 1. The number of esters is 1. The number of carbonyl (C=O) groups is 2. The average Bonchev–Trinajstić information content (AvgIpc) is 2.49. The second-order valence-corrected chi connectivity index (χ2v) is 5.29.